The van der Waals surface area contributed by atoms with Crippen molar-refractivity contribution in [3.05, 3.63) is 70.8 Å². The van der Waals surface area contributed by atoms with Gasteiger partial charge in [0.15, 0.2) is 0 Å². The lowest BCUT2D eigenvalue weighted by Gasteiger charge is -2.13. The maximum atomic E-state index is 12.9. The summed E-state index contributed by atoms with van der Waals surface area (Å²) in [7, 11) is 0. The minimum Gasteiger partial charge on any atom is -0.494 e. The predicted octanol–water partition coefficient (Wildman–Crippen LogP) is 5.80. The summed E-state index contributed by atoms with van der Waals surface area (Å²) in [6.45, 7) is 8.74. The number of rotatable bonds is 7. The Morgan fingerprint density at radius 2 is 1.77 bits per heavy atom. The van der Waals surface area contributed by atoms with E-state index in [0.29, 0.717) is 30.2 Å². The Kier molecular flexibility index (Phi) is 6.94. The molecule has 3 aromatic rings. The molecule has 0 radical (unpaired) electrons. The second kappa shape index (κ2) is 9.82. The number of nitrogens with one attached hydrogen (secondary N) is 1. The minimum atomic E-state index is -0.463. The lowest BCUT2D eigenvalue weighted by atomic mass is 10.0. The summed E-state index contributed by atoms with van der Waals surface area (Å²) in [5.41, 5.74) is 3.39. The number of aryl methyl sites for hydroxylation is 2. The van der Waals surface area contributed by atoms with Crippen LogP contribution in [-0.2, 0) is 4.79 Å². The Morgan fingerprint density at radius 1 is 1.03 bits per heavy atom. The smallest absolute Gasteiger partial charge is 0.266 e. The highest BCUT2D eigenvalue weighted by atomic mass is 16.5. The van der Waals surface area contributed by atoms with Crippen LogP contribution in [0.3, 0.4) is 0 Å². The molecule has 31 heavy (non-hydrogen) atoms. The fourth-order valence-corrected chi connectivity index (χ4v) is 3.43. The van der Waals surface area contributed by atoms with Gasteiger partial charge in [-0.2, -0.15) is 5.26 Å². The summed E-state index contributed by atoms with van der Waals surface area (Å²) in [5.74, 6) is 0.863. The molecular weight excluding hydrogens is 388 g/mol. The van der Waals surface area contributed by atoms with Crippen molar-refractivity contribution in [3.63, 3.8) is 0 Å². The standard InChI is InChI=1S/C26H26N2O3/c1-5-30-21-10-8-19-9-12-25(31-6-2)23(22(19)15-21)14-20(16-27)26(29)28-24-11-7-17(3)13-18(24)4/h7-15H,5-6H2,1-4H3,(H,28,29)/b20-14-. The third-order valence-corrected chi connectivity index (χ3v) is 4.89. The van der Waals surface area contributed by atoms with Crippen LogP contribution in [0, 0.1) is 25.2 Å². The van der Waals surface area contributed by atoms with E-state index in [4.69, 9.17) is 9.47 Å². The number of hydrogen-bond acceptors (Lipinski definition) is 4. The van der Waals surface area contributed by atoms with E-state index in [2.05, 4.69) is 5.32 Å². The number of amides is 1. The zero-order valence-electron chi connectivity index (χ0n) is 18.3. The van der Waals surface area contributed by atoms with Crippen LogP contribution >= 0.6 is 0 Å². The molecule has 1 N–H and O–H groups in total. The molecular formula is C26H26N2O3. The fourth-order valence-electron chi connectivity index (χ4n) is 3.43. The molecule has 0 saturated carbocycles. The van der Waals surface area contributed by atoms with E-state index in [-0.39, 0.29) is 5.57 Å². The number of anilines is 1. The van der Waals surface area contributed by atoms with Crippen molar-refractivity contribution in [2.45, 2.75) is 27.7 Å². The molecule has 0 fully saturated rings. The zero-order valence-corrected chi connectivity index (χ0v) is 18.3. The van der Waals surface area contributed by atoms with Gasteiger partial charge in [-0.3, -0.25) is 4.79 Å². The molecule has 0 unspecified atom stereocenters. The van der Waals surface area contributed by atoms with Gasteiger partial charge < -0.3 is 14.8 Å². The Hall–Kier alpha value is -3.78. The highest BCUT2D eigenvalue weighted by molar-refractivity contribution is 6.11. The van der Waals surface area contributed by atoms with E-state index in [1.807, 2.05) is 82.3 Å². The van der Waals surface area contributed by atoms with Gasteiger partial charge >= 0.3 is 0 Å². The van der Waals surface area contributed by atoms with E-state index < -0.39 is 5.91 Å². The van der Waals surface area contributed by atoms with Gasteiger partial charge in [0.05, 0.1) is 13.2 Å². The number of carbonyl (C=O) groups excluding carboxylic acids is 1. The van der Waals surface area contributed by atoms with Gasteiger partial charge in [0.25, 0.3) is 5.91 Å². The molecule has 5 nitrogen and oxygen atoms in total. The van der Waals surface area contributed by atoms with Gasteiger partial charge in [0.2, 0.25) is 0 Å². The first-order chi connectivity index (χ1) is 15.0. The Balaban J connectivity index is 2.08. The topological polar surface area (TPSA) is 71.3 Å². The summed E-state index contributed by atoms with van der Waals surface area (Å²) >= 11 is 0. The van der Waals surface area contributed by atoms with Crippen LogP contribution in [0.2, 0.25) is 0 Å². The quantitative estimate of drug-likeness (QED) is 0.392. The molecule has 0 bridgehead atoms. The van der Waals surface area contributed by atoms with Gasteiger partial charge in [-0.05, 0) is 74.4 Å². The van der Waals surface area contributed by atoms with Crippen LogP contribution in [0.1, 0.15) is 30.5 Å². The maximum Gasteiger partial charge on any atom is 0.266 e. The normalized spacial score (nSPS) is 11.1. The molecule has 0 aliphatic carbocycles. The highest BCUT2D eigenvalue weighted by Crippen LogP contribution is 2.33. The Labute approximate surface area is 182 Å². The van der Waals surface area contributed by atoms with Crippen LogP contribution in [0.5, 0.6) is 11.5 Å². The highest BCUT2D eigenvalue weighted by Gasteiger charge is 2.15. The molecule has 0 aromatic heterocycles. The lowest BCUT2D eigenvalue weighted by molar-refractivity contribution is -0.112. The molecule has 0 aliphatic rings. The molecule has 5 heteroatoms. The van der Waals surface area contributed by atoms with Gasteiger partial charge in [0.1, 0.15) is 23.1 Å². The SMILES string of the molecule is CCOc1ccc2ccc(OCC)c(/C=C(/C#N)C(=O)Nc3ccc(C)cc3C)c2c1. The molecule has 0 saturated heterocycles. The van der Waals surface area contributed by atoms with E-state index in [9.17, 15) is 10.1 Å². The number of hydrogen-bond donors (Lipinski definition) is 1. The summed E-state index contributed by atoms with van der Waals surface area (Å²) in [4.78, 5) is 12.9. The first-order valence-electron chi connectivity index (χ1n) is 10.3. The summed E-state index contributed by atoms with van der Waals surface area (Å²) in [6.07, 6.45) is 1.59. The van der Waals surface area contributed by atoms with Gasteiger partial charge in [0, 0.05) is 11.3 Å². The molecule has 0 heterocycles. The number of nitriles is 1. The fraction of sp³-hybridized carbons (Fsp3) is 0.231. The van der Waals surface area contributed by atoms with Crippen molar-refractivity contribution < 1.29 is 14.3 Å². The van der Waals surface area contributed by atoms with Crippen molar-refractivity contribution in [2.75, 3.05) is 18.5 Å². The average Bonchev–Trinajstić information content (AvgIpc) is 2.75. The predicted molar refractivity (Wildman–Crippen MR) is 124 cm³/mol. The average molecular weight is 415 g/mol. The largest absolute Gasteiger partial charge is 0.494 e. The molecule has 3 aromatic carbocycles. The van der Waals surface area contributed by atoms with Gasteiger partial charge in [-0.1, -0.05) is 29.8 Å². The number of carbonyl (C=O) groups is 1. The second-order valence-corrected chi connectivity index (χ2v) is 7.17. The Bertz CT molecular complexity index is 1180. The van der Waals surface area contributed by atoms with Crippen molar-refractivity contribution in [2.24, 2.45) is 0 Å². The van der Waals surface area contributed by atoms with Crippen molar-refractivity contribution in [3.8, 4) is 17.6 Å². The van der Waals surface area contributed by atoms with Crippen LogP contribution in [0.15, 0.2) is 54.1 Å². The Morgan fingerprint density at radius 3 is 2.45 bits per heavy atom. The van der Waals surface area contributed by atoms with E-state index in [1.165, 1.54) is 0 Å². The molecule has 1 amide bonds. The minimum absolute atomic E-state index is 0.00441. The number of ether oxygens (including phenoxy) is 2. The van der Waals surface area contributed by atoms with Crippen LogP contribution in [0.25, 0.3) is 16.8 Å². The number of nitrogens with zero attached hydrogens (tertiary/aromatic N) is 1. The van der Waals surface area contributed by atoms with Crippen LogP contribution in [-0.4, -0.2) is 19.1 Å². The molecule has 3 rings (SSSR count). The van der Waals surface area contributed by atoms with Crippen molar-refractivity contribution in [1.29, 1.82) is 5.26 Å². The third-order valence-electron chi connectivity index (χ3n) is 4.89. The number of fused-ring (bicyclic) bond motifs is 1. The molecule has 0 aliphatic heterocycles. The van der Waals surface area contributed by atoms with E-state index in [0.717, 1.165) is 27.6 Å². The monoisotopic (exact) mass is 414 g/mol. The van der Waals surface area contributed by atoms with Crippen molar-refractivity contribution >= 4 is 28.4 Å². The van der Waals surface area contributed by atoms with Gasteiger partial charge in [-0.15, -0.1) is 0 Å². The third kappa shape index (κ3) is 5.04. The summed E-state index contributed by atoms with van der Waals surface area (Å²) in [6, 6.07) is 17.4. The molecule has 0 atom stereocenters. The van der Waals surface area contributed by atoms with Crippen LogP contribution in [0.4, 0.5) is 5.69 Å². The van der Waals surface area contributed by atoms with E-state index in [1.54, 1.807) is 6.08 Å². The summed E-state index contributed by atoms with van der Waals surface area (Å²) < 4.78 is 11.4. The molecule has 158 valence electrons. The first kappa shape index (κ1) is 21.9. The van der Waals surface area contributed by atoms with Crippen LogP contribution < -0.4 is 14.8 Å². The summed E-state index contributed by atoms with van der Waals surface area (Å²) in [5, 5.41) is 14.4. The van der Waals surface area contributed by atoms with Crippen molar-refractivity contribution in [1.82, 2.24) is 0 Å². The zero-order chi connectivity index (χ0) is 22.4. The van der Waals surface area contributed by atoms with E-state index >= 15 is 0 Å². The van der Waals surface area contributed by atoms with Gasteiger partial charge in [-0.25, -0.2) is 0 Å². The first-order valence-corrected chi connectivity index (χ1v) is 10.3. The lowest BCUT2D eigenvalue weighted by Crippen LogP contribution is -2.14. The number of benzene rings is 3. The maximum absolute atomic E-state index is 12.9. The molecule has 0 spiro atoms. The second-order valence-electron chi connectivity index (χ2n) is 7.17.